The van der Waals surface area contributed by atoms with Crippen LogP contribution in [0.2, 0.25) is 0 Å². The number of hydrogen-bond acceptors (Lipinski definition) is 6. The second kappa shape index (κ2) is 7.92. The molecule has 1 N–H and O–H groups in total. The maximum absolute atomic E-state index is 12.5. The number of hydrogen-bond donors (Lipinski definition) is 1. The molecule has 0 fully saturated rings. The summed E-state index contributed by atoms with van der Waals surface area (Å²) >= 11 is 1.90. The van der Waals surface area contributed by atoms with E-state index < -0.39 is 16.8 Å². The maximum Gasteiger partial charge on any atom is 0.340 e. The second-order valence-corrected chi connectivity index (χ2v) is 5.94. The van der Waals surface area contributed by atoms with Gasteiger partial charge in [-0.3, -0.25) is 14.9 Å². The van der Waals surface area contributed by atoms with E-state index in [9.17, 15) is 19.7 Å². The highest BCUT2D eigenvalue weighted by molar-refractivity contribution is 14.1. The van der Waals surface area contributed by atoms with Crippen molar-refractivity contribution in [2.75, 3.05) is 19.5 Å². The molecule has 0 aliphatic heterocycles. The lowest BCUT2D eigenvalue weighted by molar-refractivity contribution is -0.384. The number of halogens is 1. The van der Waals surface area contributed by atoms with E-state index in [-0.39, 0.29) is 22.5 Å². The van der Waals surface area contributed by atoms with E-state index >= 15 is 0 Å². The Morgan fingerprint density at radius 2 is 1.84 bits per heavy atom. The molecule has 0 saturated heterocycles. The lowest BCUT2D eigenvalue weighted by atomic mass is 10.1. The third-order valence-electron chi connectivity index (χ3n) is 3.29. The summed E-state index contributed by atoms with van der Waals surface area (Å²) in [6, 6.07) is 8.46. The number of nitro groups is 1. The molecule has 0 atom stereocenters. The fourth-order valence-electron chi connectivity index (χ4n) is 2.03. The summed E-state index contributed by atoms with van der Waals surface area (Å²) < 4.78 is 10.3. The molecule has 2 aromatic rings. The highest BCUT2D eigenvalue weighted by Gasteiger charge is 2.19. The molecular formula is C16H13IN2O6. The summed E-state index contributed by atoms with van der Waals surface area (Å²) in [4.78, 5) is 34.7. The standard InChI is InChI=1S/C16H13IN2O6/c1-24-10-4-6-14(12(8-10)16(21)25-2)18-15(20)11-7-9(19(22)23)3-5-13(11)17/h3-8H,1-2H3,(H,18,20). The molecule has 0 unspecified atom stereocenters. The number of nitrogens with zero attached hydrogens (tertiary/aromatic N) is 1. The Morgan fingerprint density at radius 1 is 1.12 bits per heavy atom. The van der Waals surface area contributed by atoms with Gasteiger partial charge in [-0.05, 0) is 46.9 Å². The summed E-state index contributed by atoms with van der Waals surface area (Å²) in [5.74, 6) is -0.810. The zero-order valence-electron chi connectivity index (χ0n) is 13.2. The van der Waals surface area contributed by atoms with Crippen LogP contribution in [0.25, 0.3) is 0 Å². The van der Waals surface area contributed by atoms with Crippen LogP contribution in [-0.2, 0) is 4.74 Å². The molecule has 2 aromatic carbocycles. The lowest BCUT2D eigenvalue weighted by Gasteiger charge is -2.12. The van der Waals surface area contributed by atoms with E-state index in [1.807, 2.05) is 22.6 Å². The summed E-state index contributed by atoms with van der Waals surface area (Å²) in [6.07, 6.45) is 0. The molecule has 2 rings (SSSR count). The molecule has 0 bridgehead atoms. The molecule has 0 aromatic heterocycles. The Hall–Kier alpha value is -2.69. The Balaban J connectivity index is 2.39. The monoisotopic (exact) mass is 456 g/mol. The summed E-state index contributed by atoms with van der Waals surface area (Å²) in [5, 5.41) is 13.5. The first-order valence-electron chi connectivity index (χ1n) is 6.89. The number of esters is 1. The van der Waals surface area contributed by atoms with E-state index in [0.29, 0.717) is 9.32 Å². The predicted molar refractivity (Wildman–Crippen MR) is 98.1 cm³/mol. The van der Waals surface area contributed by atoms with Crippen LogP contribution in [0.5, 0.6) is 5.75 Å². The summed E-state index contributed by atoms with van der Waals surface area (Å²) in [6.45, 7) is 0. The van der Waals surface area contributed by atoms with Crippen molar-refractivity contribution < 1.29 is 24.0 Å². The number of non-ortho nitro benzene ring substituents is 1. The summed E-state index contributed by atoms with van der Waals surface area (Å²) in [7, 11) is 2.66. The minimum atomic E-state index is -0.650. The van der Waals surface area contributed by atoms with E-state index in [1.54, 1.807) is 6.07 Å². The number of carbonyl (C=O) groups is 2. The second-order valence-electron chi connectivity index (χ2n) is 4.78. The number of benzene rings is 2. The van der Waals surface area contributed by atoms with Gasteiger partial charge in [0.05, 0.1) is 36.0 Å². The third-order valence-corrected chi connectivity index (χ3v) is 4.23. The van der Waals surface area contributed by atoms with Gasteiger partial charge in [-0.2, -0.15) is 0 Å². The van der Waals surface area contributed by atoms with Crippen LogP contribution in [-0.4, -0.2) is 31.0 Å². The van der Waals surface area contributed by atoms with Crippen molar-refractivity contribution >= 4 is 45.8 Å². The van der Waals surface area contributed by atoms with E-state index in [1.165, 1.54) is 44.6 Å². The molecule has 0 aliphatic rings. The van der Waals surface area contributed by atoms with Gasteiger partial charge >= 0.3 is 5.97 Å². The molecule has 0 saturated carbocycles. The van der Waals surface area contributed by atoms with Gasteiger partial charge in [0.2, 0.25) is 0 Å². The number of carbonyl (C=O) groups excluding carboxylic acids is 2. The summed E-state index contributed by atoms with van der Waals surface area (Å²) in [5.41, 5.74) is 0.241. The van der Waals surface area contributed by atoms with Crippen molar-refractivity contribution in [3.05, 3.63) is 61.2 Å². The van der Waals surface area contributed by atoms with Crippen LogP contribution in [0.3, 0.4) is 0 Å². The van der Waals surface area contributed by atoms with E-state index in [0.717, 1.165) is 0 Å². The van der Waals surface area contributed by atoms with Crippen LogP contribution in [0, 0.1) is 13.7 Å². The number of nitro benzene ring substituents is 1. The van der Waals surface area contributed by atoms with Crippen molar-refractivity contribution in [1.29, 1.82) is 0 Å². The Labute approximate surface area is 156 Å². The van der Waals surface area contributed by atoms with Crippen LogP contribution < -0.4 is 10.1 Å². The van der Waals surface area contributed by atoms with Crippen molar-refractivity contribution in [3.63, 3.8) is 0 Å². The number of ether oxygens (including phenoxy) is 2. The Kier molecular flexibility index (Phi) is 5.91. The van der Waals surface area contributed by atoms with Crippen molar-refractivity contribution in [1.82, 2.24) is 0 Å². The average Bonchev–Trinajstić information content (AvgIpc) is 2.61. The minimum absolute atomic E-state index is 0.107. The van der Waals surface area contributed by atoms with Gasteiger partial charge < -0.3 is 14.8 Å². The van der Waals surface area contributed by atoms with E-state index in [4.69, 9.17) is 9.47 Å². The highest BCUT2D eigenvalue weighted by Crippen LogP contribution is 2.25. The van der Waals surface area contributed by atoms with Crippen LogP contribution in [0.1, 0.15) is 20.7 Å². The topological polar surface area (TPSA) is 108 Å². The molecular weight excluding hydrogens is 443 g/mol. The quantitative estimate of drug-likeness (QED) is 0.321. The molecule has 1 amide bonds. The molecule has 8 nitrogen and oxygen atoms in total. The van der Waals surface area contributed by atoms with Crippen LogP contribution >= 0.6 is 22.6 Å². The van der Waals surface area contributed by atoms with Gasteiger partial charge in [-0.15, -0.1) is 0 Å². The smallest absolute Gasteiger partial charge is 0.340 e. The van der Waals surface area contributed by atoms with Gasteiger partial charge in [0.15, 0.2) is 0 Å². The SMILES string of the molecule is COC(=O)c1cc(OC)ccc1NC(=O)c1cc([N+](=O)[O-])ccc1I. The molecule has 9 heteroatoms. The number of rotatable bonds is 5. The first kappa shape index (κ1) is 18.6. The van der Waals surface area contributed by atoms with Gasteiger partial charge in [-0.25, -0.2) is 4.79 Å². The van der Waals surface area contributed by atoms with Crippen molar-refractivity contribution in [2.24, 2.45) is 0 Å². The number of amides is 1. The molecule has 0 aliphatic carbocycles. The normalized spacial score (nSPS) is 10.0. The first-order chi connectivity index (χ1) is 11.9. The van der Waals surface area contributed by atoms with Crippen molar-refractivity contribution in [3.8, 4) is 5.75 Å². The fraction of sp³-hybridized carbons (Fsp3) is 0.125. The molecule has 130 valence electrons. The highest BCUT2D eigenvalue weighted by atomic mass is 127. The zero-order chi connectivity index (χ0) is 18.6. The zero-order valence-corrected chi connectivity index (χ0v) is 15.4. The predicted octanol–water partition coefficient (Wildman–Crippen LogP) is 3.25. The van der Waals surface area contributed by atoms with Gasteiger partial charge in [0, 0.05) is 15.7 Å². The lowest BCUT2D eigenvalue weighted by Crippen LogP contribution is -2.17. The third kappa shape index (κ3) is 4.24. The molecule has 0 heterocycles. The first-order valence-corrected chi connectivity index (χ1v) is 7.97. The number of anilines is 1. The Bertz CT molecular complexity index is 853. The maximum atomic E-state index is 12.5. The van der Waals surface area contributed by atoms with Crippen LogP contribution in [0.15, 0.2) is 36.4 Å². The number of nitrogens with one attached hydrogen (secondary N) is 1. The largest absolute Gasteiger partial charge is 0.497 e. The molecule has 0 radical (unpaired) electrons. The average molecular weight is 456 g/mol. The minimum Gasteiger partial charge on any atom is -0.497 e. The molecule has 0 spiro atoms. The van der Waals surface area contributed by atoms with Crippen LogP contribution in [0.4, 0.5) is 11.4 Å². The van der Waals surface area contributed by atoms with Gasteiger partial charge in [-0.1, -0.05) is 0 Å². The van der Waals surface area contributed by atoms with Crippen molar-refractivity contribution in [2.45, 2.75) is 0 Å². The number of methoxy groups -OCH3 is 2. The molecule has 25 heavy (non-hydrogen) atoms. The van der Waals surface area contributed by atoms with E-state index in [2.05, 4.69) is 5.32 Å². The van der Waals surface area contributed by atoms with Gasteiger partial charge in [0.25, 0.3) is 11.6 Å². The van der Waals surface area contributed by atoms with Gasteiger partial charge in [0.1, 0.15) is 5.75 Å². The Morgan fingerprint density at radius 3 is 2.44 bits per heavy atom. The fourth-order valence-corrected chi connectivity index (χ4v) is 2.61.